The van der Waals surface area contributed by atoms with Crippen molar-refractivity contribution in [3.63, 3.8) is 0 Å². The number of rotatable bonds is 5. The van der Waals surface area contributed by atoms with Gasteiger partial charge in [0, 0.05) is 19.6 Å². The Labute approximate surface area is 107 Å². The molecule has 0 amide bonds. The Morgan fingerprint density at radius 1 is 1.41 bits per heavy atom. The van der Waals surface area contributed by atoms with Crippen molar-refractivity contribution >= 4 is 21.4 Å². The zero-order chi connectivity index (χ0) is 12.3. The molecule has 0 aromatic carbocycles. The minimum absolute atomic E-state index is 0.479. The van der Waals surface area contributed by atoms with E-state index in [0.717, 1.165) is 31.5 Å². The SMILES string of the molecule is CCNCc1csc(S(=O)(=O)N2CCCC2)c1. The van der Waals surface area contributed by atoms with Gasteiger partial charge in [-0.2, -0.15) is 4.31 Å². The molecule has 1 aliphatic rings. The van der Waals surface area contributed by atoms with E-state index >= 15 is 0 Å². The first-order chi connectivity index (χ1) is 8.14. The lowest BCUT2D eigenvalue weighted by molar-refractivity contribution is 0.479. The van der Waals surface area contributed by atoms with Crippen molar-refractivity contribution in [3.8, 4) is 0 Å². The maximum atomic E-state index is 12.2. The van der Waals surface area contributed by atoms with Gasteiger partial charge in [0.25, 0.3) is 10.0 Å². The number of nitrogens with zero attached hydrogens (tertiary/aromatic N) is 1. The van der Waals surface area contributed by atoms with Gasteiger partial charge in [-0.25, -0.2) is 8.42 Å². The van der Waals surface area contributed by atoms with Gasteiger partial charge in [0.05, 0.1) is 0 Å². The van der Waals surface area contributed by atoms with Crippen LogP contribution in [0, 0.1) is 0 Å². The summed E-state index contributed by atoms with van der Waals surface area (Å²) in [6.07, 6.45) is 1.96. The van der Waals surface area contributed by atoms with Crippen LogP contribution in [0.4, 0.5) is 0 Å². The van der Waals surface area contributed by atoms with Crippen LogP contribution in [0.3, 0.4) is 0 Å². The molecule has 0 bridgehead atoms. The average molecular weight is 274 g/mol. The third-order valence-electron chi connectivity index (χ3n) is 2.87. The van der Waals surface area contributed by atoms with Gasteiger partial charge in [-0.15, -0.1) is 11.3 Å². The maximum absolute atomic E-state index is 12.2. The van der Waals surface area contributed by atoms with Crippen molar-refractivity contribution in [2.45, 2.75) is 30.5 Å². The lowest BCUT2D eigenvalue weighted by Crippen LogP contribution is -2.27. The summed E-state index contributed by atoms with van der Waals surface area (Å²) in [6.45, 7) is 5.01. The molecule has 1 aromatic heterocycles. The van der Waals surface area contributed by atoms with Crippen molar-refractivity contribution < 1.29 is 8.42 Å². The zero-order valence-electron chi connectivity index (χ0n) is 9.98. The molecule has 1 N–H and O–H groups in total. The molecule has 2 rings (SSSR count). The van der Waals surface area contributed by atoms with Crippen LogP contribution in [0.25, 0.3) is 0 Å². The molecule has 0 atom stereocenters. The second-order valence-electron chi connectivity index (χ2n) is 4.17. The Morgan fingerprint density at radius 2 is 2.12 bits per heavy atom. The van der Waals surface area contributed by atoms with Crippen LogP contribution in [0.15, 0.2) is 15.7 Å². The minimum atomic E-state index is -3.22. The number of nitrogens with one attached hydrogen (secondary N) is 1. The van der Waals surface area contributed by atoms with E-state index in [9.17, 15) is 8.42 Å². The molecule has 96 valence electrons. The van der Waals surface area contributed by atoms with E-state index in [-0.39, 0.29) is 0 Å². The van der Waals surface area contributed by atoms with Crippen LogP contribution in [0.1, 0.15) is 25.3 Å². The Bertz CT molecular complexity index is 462. The third kappa shape index (κ3) is 2.88. The first-order valence-electron chi connectivity index (χ1n) is 5.93. The van der Waals surface area contributed by atoms with Crippen molar-refractivity contribution in [2.75, 3.05) is 19.6 Å². The van der Waals surface area contributed by atoms with E-state index in [4.69, 9.17) is 0 Å². The zero-order valence-corrected chi connectivity index (χ0v) is 11.6. The van der Waals surface area contributed by atoms with Gasteiger partial charge >= 0.3 is 0 Å². The Morgan fingerprint density at radius 3 is 2.76 bits per heavy atom. The quantitative estimate of drug-likeness (QED) is 0.888. The van der Waals surface area contributed by atoms with Crippen LogP contribution < -0.4 is 5.32 Å². The summed E-state index contributed by atoms with van der Waals surface area (Å²) in [4.78, 5) is 0. The van der Waals surface area contributed by atoms with E-state index in [2.05, 4.69) is 5.32 Å². The largest absolute Gasteiger partial charge is 0.313 e. The first-order valence-corrected chi connectivity index (χ1v) is 8.25. The second kappa shape index (κ2) is 5.48. The van der Waals surface area contributed by atoms with Gasteiger partial charge < -0.3 is 5.32 Å². The molecular formula is C11H18N2O2S2. The standard InChI is InChI=1S/C11H18N2O2S2/c1-2-12-8-10-7-11(16-9-10)17(14,15)13-5-3-4-6-13/h7,9,12H,2-6,8H2,1H3. The molecular weight excluding hydrogens is 256 g/mol. The fourth-order valence-corrected chi connectivity index (χ4v) is 4.79. The van der Waals surface area contributed by atoms with E-state index in [1.165, 1.54) is 11.3 Å². The van der Waals surface area contributed by atoms with Gasteiger partial charge in [-0.1, -0.05) is 6.92 Å². The first kappa shape index (κ1) is 13.0. The fourth-order valence-electron chi connectivity index (χ4n) is 1.91. The summed E-state index contributed by atoms with van der Waals surface area (Å²) in [7, 11) is -3.22. The average Bonchev–Trinajstić information content (AvgIpc) is 2.97. The van der Waals surface area contributed by atoms with Crippen LogP contribution in [0.5, 0.6) is 0 Å². The highest BCUT2D eigenvalue weighted by Gasteiger charge is 2.28. The van der Waals surface area contributed by atoms with Crippen LogP contribution >= 0.6 is 11.3 Å². The van der Waals surface area contributed by atoms with Crippen molar-refractivity contribution in [3.05, 3.63) is 17.0 Å². The highest BCUT2D eigenvalue weighted by molar-refractivity contribution is 7.91. The molecule has 0 unspecified atom stereocenters. The summed E-state index contributed by atoms with van der Waals surface area (Å²) in [5, 5.41) is 5.12. The monoisotopic (exact) mass is 274 g/mol. The lowest BCUT2D eigenvalue weighted by Gasteiger charge is -2.13. The van der Waals surface area contributed by atoms with Crippen LogP contribution in [-0.2, 0) is 16.6 Å². The predicted molar refractivity (Wildman–Crippen MR) is 69.7 cm³/mol. The molecule has 1 fully saturated rings. The third-order valence-corrected chi connectivity index (χ3v) is 6.23. The number of hydrogen-bond acceptors (Lipinski definition) is 4. The normalized spacial score (nSPS) is 17.7. The highest BCUT2D eigenvalue weighted by Crippen LogP contribution is 2.26. The topological polar surface area (TPSA) is 49.4 Å². The molecule has 0 radical (unpaired) electrons. The summed E-state index contributed by atoms with van der Waals surface area (Å²) < 4.78 is 26.5. The molecule has 1 aliphatic heterocycles. The number of thiophene rings is 1. The molecule has 1 saturated heterocycles. The minimum Gasteiger partial charge on any atom is -0.313 e. The molecule has 0 aliphatic carbocycles. The Kier molecular flexibility index (Phi) is 4.19. The fraction of sp³-hybridized carbons (Fsp3) is 0.636. The molecule has 17 heavy (non-hydrogen) atoms. The van der Waals surface area contributed by atoms with Gasteiger partial charge in [-0.3, -0.25) is 0 Å². The smallest absolute Gasteiger partial charge is 0.252 e. The molecule has 2 heterocycles. The lowest BCUT2D eigenvalue weighted by atomic mass is 10.3. The van der Waals surface area contributed by atoms with Crippen molar-refractivity contribution in [2.24, 2.45) is 0 Å². The van der Waals surface area contributed by atoms with E-state index in [1.807, 2.05) is 12.3 Å². The Balaban J connectivity index is 2.13. The molecule has 6 heteroatoms. The molecule has 0 saturated carbocycles. The summed E-state index contributed by atoms with van der Waals surface area (Å²) in [5.41, 5.74) is 1.05. The van der Waals surface area contributed by atoms with E-state index in [0.29, 0.717) is 17.3 Å². The Hall–Kier alpha value is -0.430. The summed E-state index contributed by atoms with van der Waals surface area (Å²) in [5.74, 6) is 0. The molecule has 1 aromatic rings. The number of sulfonamides is 1. The predicted octanol–water partition coefficient (Wildman–Crippen LogP) is 1.64. The summed E-state index contributed by atoms with van der Waals surface area (Å²) in [6, 6.07) is 1.79. The van der Waals surface area contributed by atoms with Crippen molar-refractivity contribution in [1.82, 2.24) is 9.62 Å². The van der Waals surface area contributed by atoms with Crippen molar-refractivity contribution in [1.29, 1.82) is 0 Å². The highest BCUT2D eigenvalue weighted by atomic mass is 32.2. The van der Waals surface area contributed by atoms with Gasteiger partial charge in [0.15, 0.2) is 0 Å². The molecule has 0 spiro atoms. The van der Waals surface area contributed by atoms with Crippen LogP contribution in [-0.4, -0.2) is 32.4 Å². The van der Waals surface area contributed by atoms with E-state index in [1.54, 1.807) is 10.4 Å². The van der Waals surface area contributed by atoms with Gasteiger partial charge in [0.1, 0.15) is 4.21 Å². The molecule has 4 nitrogen and oxygen atoms in total. The van der Waals surface area contributed by atoms with Crippen LogP contribution in [0.2, 0.25) is 0 Å². The maximum Gasteiger partial charge on any atom is 0.252 e. The second-order valence-corrected chi connectivity index (χ2v) is 7.24. The van der Waals surface area contributed by atoms with Gasteiger partial charge in [-0.05, 0) is 36.4 Å². The number of hydrogen-bond donors (Lipinski definition) is 1. The van der Waals surface area contributed by atoms with Gasteiger partial charge in [0.2, 0.25) is 0 Å². The van der Waals surface area contributed by atoms with E-state index < -0.39 is 10.0 Å². The summed E-state index contributed by atoms with van der Waals surface area (Å²) >= 11 is 1.32.